The van der Waals surface area contributed by atoms with Crippen molar-refractivity contribution < 1.29 is 9.50 Å². The maximum absolute atomic E-state index is 13.8. The fourth-order valence-electron chi connectivity index (χ4n) is 3.14. The van der Waals surface area contributed by atoms with Gasteiger partial charge in [-0.3, -0.25) is 0 Å². The Bertz CT molecular complexity index is 431. The molecule has 0 heterocycles. The Morgan fingerprint density at radius 2 is 2.22 bits per heavy atom. The molecule has 1 N–H and O–H groups in total. The molecule has 18 heavy (non-hydrogen) atoms. The number of benzene rings is 1. The van der Waals surface area contributed by atoms with Crippen LogP contribution >= 0.6 is 11.6 Å². The van der Waals surface area contributed by atoms with Gasteiger partial charge in [0.05, 0.1) is 11.1 Å². The van der Waals surface area contributed by atoms with Gasteiger partial charge in [0.2, 0.25) is 0 Å². The van der Waals surface area contributed by atoms with Crippen molar-refractivity contribution in [3.63, 3.8) is 0 Å². The van der Waals surface area contributed by atoms with E-state index in [0.29, 0.717) is 12.0 Å². The number of aliphatic hydroxyl groups is 1. The van der Waals surface area contributed by atoms with Gasteiger partial charge in [-0.15, -0.1) is 0 Å². The standard InChI is InChI=1S/C15H20ClFO/c1-15(2)8-4-6-11(15)13(18)9-10-5-3-7-12(16)14(10)17/h3,5,7,11,13,18H,4,6,8-9H2,1-2H3. The summed E-state index contributed by atoms with van der Waals surface area (Å²) in [4.78, 5) is 0. The summed E-state index contributed by atoms with van der Waals surface area (Å²) in [6.07, 6.45) is 3.16. The topological polar surface area (TPSA) is 20.2 Å². The number of hydrogen-bond donors (Lipinski definition) is 1. The predicted octanol–water partition coefficient (Wildman–Crippen LogP) is 4.21. The molecule has 0 radical (unpaired) electrons. The monoisotopic (exact) mass is 270 g/mol. The third-order valence-corrected chi connectivity index (χ3v) is 4.56. The minimum atomic E-state index is -0.490. The summed E-state index contributed by atoms with van der Waals surface area (Å²) in [5.74, 6) is -0.148. The number of hydrogen-bond acceptors (Lipinski definition) is 1. The van der Waals surface area contributed by atoms with Gasteiger partial charge >= 0.3 is 0 Å². The second kappa shape index (κ2) is 5.18. The molecular weight excluding hydrogens is 251 g/mol. The van der Waals surface area contributed by atoms with Crippen LogP contribution < -0.4 is 0 Å². The molecule has 1 aromatic carbocycles. The first-order valence-electron chi connectivity index (χ1n) is 6.53. The number of rotatable bonds is 3. The third kappa shape index (κ3) is 2.70. The van der Waals surface area contributed by atoms with Crippen molar-refractivity contribution in [1.29, 1.82) is 0 Å². The molecule has 1 aromatic rings. The molecule has 100 valence electrons. The summed E-state index contributed by atoms with van der Waals surface area (Å²) in [5.41, 5.74) is 0.659. The molecular formula is C15H20ClFO. The average molecular weight is 271 g/mol. The fourth-order valence-corrected chi connectivity index (χ4v) is 3.33. The molecule has 2 atom stereocenters. The molecule has 2 rings (SSSR count). The van der Waals surface area contributed by atoms with E-state index in [1.807, 2.05) is 0 Å². The molecule has 0 amide bonds. The van der Waals surface area contributed by atoms with E-state index < -0.39 is 11.9 Å². The molecule has 1 fully saturated rings. The van der Waals surface area contributed by atoms with Gasteiger partial charge in [0, 0.05) is 6.42 Å². The van der Waals surface area contributed by atoms with Crippen LogP contribution in [0.4, 0.5) is 4.39 Å². The second-order valence-electron chi connectivity index (χ2n) is 5.97. The summed E-state index contributed by atoms with van der Waals surface area (Å²) in [6, 6.07) is 4.96. The van der Waals surface area contributed by atoms with Crippen molar-refractivity contribution >= 4 is 11.6 Å². The quantitative estimate of drug-likeness (QED) is 0.872. The van der Waals surface area contributed by atoms with E-state index in [9.17, 15) is 9.50 Å². The van der Waals surface area contributed by atoms with E-state index in [2.05, 4.69) is 13.8 Å². The molecule has 1 saturated carbocycles. The van der Waals surface area contributed by atoms with Crippen LogP contribution in [0.15, 0.2) is 18.2 Å². The Morgan fingerprint density at radius 3 is 2.83 bits per heavy atom. The highest BCUT2D eigenvalue weighted by Crippen LogP contribution is 2.45. The van der Waals surface area contributed by atoms with Crippen LogP contribution in [-0.4, -0.2) is 11.2 Å². The molecule has 2 unspecified atom stereocenters. The lowest BCUT2D eigenvalue weighted by atomic mass is 9.77. The van der Waals surface area contributed by atoms with Gasteiger partial charge in [-0.05, 0) is 35.8 Å². The third-order valence-electron chi connectivity index (χ3n) is 4.27. The van der Waals surface area contributed by atoms with Crippen molar-refractivity contribution in [2.75, 3.05) is 0 Å². The van der Waals surface area contributed by atoms with Gasteiger partial charge in [-0.25, -0.2) is 4.39 Å². The maximum atomic E-state index is 13.8. The Morgan fingerprint density at radius 1 is 1.50 bits per heavy atom. The molecule has 1 nitrogen and oxygen atoms in total. The Kier molecular flexibility index (Phi) is 3.98. The molecule has 3 heteroatoms. The molecule has 0 aromatic heterocycles. The van der Waals surface area contributed by atoms with E-state index in [1.165, 1.54) is 6.07 Å². The van der Waals surface area contributed by atoms with E-state index in [-0.39, 0.29) is 16.4 Å². The zero-order chi connectivity index (χ0) is 13.3. The van der Waals surface area contributed by atoms with Crippen LogP contribution in [0.3, 0.4) is 0 Å². The molecule has 0 aliphatic heterocycles. The largest absolute Gasteiger partial charge is 0.392 e. The molecule has 0 saturated heterocycles. The molecule has 0 spiro atoms. The van der Waals surface area contributed by atoms with E-state index in [0.717, 1.165) is 19.3 Å². The normalized spacial score (nSPS) is 24.2. The molecule has 1 aliphatic rings. The molecule has 0 bridgehead atoms. The van der Waals surface area contributed by atoms with Gasteiger partial charge in [-0.2, -0.15) is 0 Å². The van der Waals surface area contributed by atoms with Crippen LogP contribution in [0, 0.1) is 17.2 Å². The van der Waals surface area contributed by atoms with E-state index in [1.54, 1.807) is 12.1 Å². The van der Waals surface area contributed by atoms with Crippen molar-refractivity contribution in [3.8, 4) is 0 Å². The lowest BCUT2D eigenvalue weighted by Gasteiger charge is -2.31. The average Bonchev–Trinajstić information content (AvgIpc) is 2.65. The summed E-state index contributed by atoms with van der Waals surface area (Å²) in [7, 11) is 0. The smallest absolute Gasteiger partial charge is 0.145 e. The highest BCUT2D eigenvalue weighted by atomic mass is 35.5. The van der Waals surface area contributed by atoms with E-state index in [4.69, 9.17) is 11.6 Å². The highest BCUT2D eigenvalue weighted by molar-refractivity contribution is 6.30. The Balaban J connectivity index is 2.12. The zero-order valence-corrected chi connectivity index (χ0v) is 11.7. The predicted molar refractivity (Wildman–Crippen MR) is 72.2 cm³/mol. The Hall–Kier alpha value is -0.600. The second-order valence-corrected chi connectivity index (χ2v) is 6.38. The Labute approximate surface area is 113 Å². The van der Waals surface area contributed by atoms with Crippen LogP contribution in [0.25, 0.3) is 0 Å². The van der Waals surface area contributed by atoms with Crippen molar-refractivity contribution in [1.82, 2.24) is 0 Å². The minimum absolute atomic E-state index is 0.130. The SMILES string of the molecule is CC1(C)CCCC1C(O)Cc1cccc(Cl)c1F. The number of halogens is 2. The van der Waals surface area contributed by atoms with Gasteiger partial charge in [-0.1, -0.05) is 44.0 Å². The maximum Gasteiger partial charge on any atom is 0.145 e. The first-order valence-corrected chi connectivity index (χ1v) is 6.90. The van der Waals surface area contributed by atoms with Crippen molar-refractivity contribution in [3.05, 3.63) is 34.6 Å². The van der Waals surface area contributed by atoms with Crippen molar-refractivity contribution in [2.45, 2.75) is 45.6 Å². The van der Waals surface area contributed by atoms with Crippen molar-refractivity contribution in [2.24, 2.45) is 11.3 Å². The van der Waals surface area contributed by atoms with E-state index >= 15 is 0 Å². The lowest BCUT2D eigenvalue weighted by Crippen LogP contribution is -2.31. The first-order chi connectivity index (χ1) is 8.42. The minimum Gasteiger partial charge on any atom is -0.392 e. The van der Waals surface area contributed by atoms with Crippen LogP contribution in [0.2, 0.25) is 5.02 Å². The van der Waals surface area contributed by atoms with Gasteiger partial charge in [0.15, 0.2) is 0 Å². The molecule has 1 aliphatic carbocycles. The summed E-state index contributed by atoms with van der Waals surface area (Å²) >= 11 is 5.76. The van der Waals surface area contributed by atoms with Gasteiger partial charge < -0.3 is 5.11 Å². The summed E-state index contributed by atoms with van der Waals surface area (Å²) in [5, 5.41) is 10.5. The van der Waals surface area contributed by atoms with Crippen LogP contribution in [0.5, 0.6) is 0 Å². The highest BCUT2D eigenvalue weighted by Gasteiger charge is 2.38. The first kappa shape index (κ1) is 13.8. The zero-order valence-electron chi connectivity index (χ0n) is 10.9. The van der Waals surface area contributed by atoms with Gasteiger partial charge in [0.1, 0.15) is 5.82 Å². The fraction of sp³-hybridized carbons (Fsp3) is 0.600. The summed E-state index contributed by atoms with van der Waals surface area (Å²) in [6.45, 7) is 4.37. The summed E-state index contributed by atoms with van der Waals surface area (Å²) < 4.78 is 13.8. The van der Waals surface area contributed by atoms with Crippen LogP contribution in [-0.2, 0) is 6.42 Å². The number of aliphatic hydroxyl groups excluding tert-OH is 1. The lowest BCUT2D eigenvalue weighted by molar-refractivity contribution is 0.0537. The van der Waals surface area contributed by atoms with Crippen LogP contribution in [0.1, 0.15) is 38.7 Å². The van der Waals surface area contributed by atoms with Gasteiger partial charge in [0.25, 0.3) is 0 Å².